The molecule has 0 N–H and O–H groups in total. The van der Waals surface area contributed by atoms with Gasteiger partial charge in [0.1, 0.15) is 0 Å². The summed E-state index contributed by atoms with van der Waals surface area (Å²) in [6.07, 6.45) is 42.5. The van der Waals surface area contributed by atoms with E-state index in [2.05, 4.69) is 20.8 Å². The van der Waals surface area contributed by atoms with Gasteiger partial charge in [0.15, 0.2) is 0 Å². The number of unbranched alkanes of at least 4 members (excludes halogenated alkanes) is 33. The summed E-state index contributed by atoms with van der Waals surface area (Å²) < 4.78 is 31.2. The second-order valence-corrected chi connectivity index (χ2v) is 20.7. The zero-order chi connectivity index (χ0) is 41.1. The fraction of sp³-hybridized carbons (Fsp3) is 1.00. The van der Waals surface area contributed by atoms with Crippen molar-refractivity contribution in [1.29, 1.82) is 0 Å². The number of hydrogen-bond acceptors (Lipinski definition) is 9. The molecule has 9 nitrogen and oxygen atoms in total. The SMILES string of the molecule is CCCCCCCCCCCCCCP(=O)([O-])[O-].CCCCCCCCCCCCCCP(=O)([O-])[O-].CCCCCCCCCCCCCCP(=O)([O-])[O-].[Nd+3].[Nd+3]. The first-order valence-electron chi connectivity index (χ1n) is 22.7. The average Bonchev–Trinajstić information content (AvgIpc) is 3.09. The first kappa shape index (κ1) is 68.2. The van der Waals surface area contributed by atoms with Gasteiger partial charge in [0.05, 0.1) is 0 Å². The summed E-state index contributed by atoms with van der Waals surface area (Å²) in [7, 11) is -12.7. The summed E-state index contributed by atoms with van der Waals surface area (Å²) in [6.45, 7) is 6.70. The van der Waals surface area contributed by atoms with Gasteiger partial charge < -0.3 is 43.1 Å². The molecule has 0 bridgehead atoms. The summed E-state index contributed by atoms with van der Waals surface area (Å²) >= 11 is 0. The third kappa shape index (κ3) is 77.7. The van der Waals surface area contributed by atoms with Crippen LogP contribution in [0.15, 0.2) is 0 Å². The van der Waals surface area contributed by atoms with Crippen LogP contribution in [0.4, 0.5) is 0 Å². The van der Waals surface area contributed by atoms with E-state index in [0.29, 0.717) is 19.3 Å². The molecule has 14 heteroatoms. The minimum atomic E-state index is -4.25. The smallest absolute Gasteiger partial charge is 0.811 e. The molecule has 0 atom stereocenters. The van der Waals surface area contributed by atoms with E-state index in [1.807, 2.05) is 0 Å². The summed E-state index contributed by atoms with van der Waals surface area (Å²) in [5.41, 5.74) is 0. The molecule has 0 saturated heterocycles. The van der Waals surface area contributed by atoms with E-state index in [9.17, 15) is 43.1 Å². The molecule has 0 aliphatic heterocycles. The van der Waals surface area contributed by atoms with Crippen LogP contribution in [-0.2, 0) is 13.7 Å². The Morgan fingerprint density at radius 1 is 0.232 bits per heavy atom. The van der Waals surface area contributed by atoms with Crippen LogP contribution in [0.2, 0.25) is 0 Å². The van der Waals surface area contributed by atoms with Crippen LogP contribution in [0.1, 0.15) is 252 Å². The molecule has 0 spiro atoms. The molecule has 0 aliphatic rings. The Balaban J connectivity index is -0.000000228. The second kappa shape index (κ2) is 52.5. The average molecular weight is 1120 g/mol. The van der Waals surface area contributed by atoms with Crippen molar-refractivity contribution in [3.63, 3.8) is 0 Å². The molecule has 0 fully saturated rings. The maximum Gasteiger partial charge on any atom is 3.00 e. The van der Waals surface area contributed by atoms with Crippen molar-refractivity contribution in [2.24, 2.45) is 0 Å². The molecular formula is C42H87Nd2O9P3. The van der Waals surface area contributed by atoms with Crippen molar-refractivity contribution in [3.05, 3.63) is 0 Å². The van der Waals surface area contributed by atoms with Gasteiger partial charge in [-0.2, -0.15) is 0 Å². The zero-order valence-corrected chi connectivity index (χ0v) is 45.7. The van der Waals surface area contributed by atoms with Gasteiger partial charge in [0, 0.05) is 0 Å². The molecule has 0 unspecified atom stereocenters. The standard InChI is InChI=1S/3C14H31O3P.2Nd/c3*1-2-3-4-5-6-7-8-9-10-11-12-13-14-18(15,16)17;;/h3*2-14H2,1H3,(H2,15,16,17);;/q;;;2*+3/p-6. The Labute approximate surface area is 413 Å². The van der Waals surface area contributed by atoms with Crippen molar-refractivity contribution in [1.82, 2.24) is 0 Å². The van der Waals surface area contributed by atoms with Gasteiger partial charge in [-0.1, -0.05) is 255 Å². The molecule has 0 amide bonds. The monoisotopic (exact) mass is 1110 g/mol. The summed E-state index contributed by atoms with van der Waals surface area (Å²) in [4.78, 5) is 62.3. The van der Waals surface area contributed by atoms with Crippen LogP contribution in [0.25, 0.3) is 0 Å². The Bertz CT molecular complexity index is 761. The van der Waals surface area contributed by atoms with Crippen LogP contribution in [-0.4, -0.2) is 18.5 Å². The van der Waals surface area contributed by atoms with Crippen LogP contribution in [0.3, 0.4) is 0 Å². The van der Waals surface area contributed by atoms with Gasteiger partial charge in [-0.15, -0.1) is 0 Å². The third-order valence-electron chi connectivity index (χ3n) is 9.86. The summed E-state index contributed by atoms with van der Waals surface area (Å²) in [5, 5.41) is 0. The van der Waals surface area contributed by atoms with E-state index in [-0.39, 0.29) is 100 Å². The van der Waals surface area contributed by atoms with Crippen LogP contribution in [0, 0.1) is 81.7 Å². The van der Waals surface area contributed by atoms with Gasteiger partial charge in [-0.05, 0) is 37.7 Å². The topological polar surface area (TPSA) is 190 Å². The second-order valence-electron chi connectivity index (χ2n) is 15.7. The molecular weight excluding hydrogens is 1030 g/mol. The Morgan fingerprint density at radius 2 is 0.339 bits per heavy atom. The van der Waals surface area contributed by atoms with Gasteiger partial charge in [0.2, 0.25) is 0 Å². The van der Waals surface area contributed by atoms with Gasteiger partial charge in [0.25, 0.3) is 0 Å². The van der Waals surface area contributed by atoms with Crippen molar-refractivity contribution in [3.8, 4) is 0 Å². The molecule has 0 aromatic heterocycles. The normalized spacial score (nSPS) is 11.5. The van der Waals surface area contributed by atoms with Crippen molar-refractivity contribution in [2.45, 2.75) is 252 Å². The predicted octanol–water partition coefficient (Wildman–Crippen LogP) is 10.8. The molecule has 0 rings (SSSR count). The first-order valence-corrected chi connectivity index (χ1v) is 27.9. The fourth-order valence-electron chi connectivity index (χ4n) is 6.44. The molecule has 56 heavy (non-hydrogen) atoms. The van der Waals surface area contributed by atoms with E-state index < -0.39 is 22.8 Å². The van der Waals surface area contributed by atoms with E-state index >= 15 is 0 Å². The van der Waals surface area contributed by atoms with Gasteiger partial charge in [-0.25, -0.2) is 0 Å². The molecule has 0 aliphatic carbocycles. The third-order valence-corrected chi connectivity index (χ3v) is 12.4. The van der Waals surface area contributed by atoms with Crippen LogP contribution in [0.5, 0.6) is 0 Å². The Hall–Kier alpha value is 3.15. The van der Waals surface area contributed by atoms with E-state index in [0.717, 1.165) is 38.5 Å². The molecule has 0 heterocycles. The molecule has 0 saturated carbocycles. The van der Waals surface area contributed by atoms with Crippen molar-refractivity contribution < 1.29 is 125 Å². The van der Waals surface area contributed by atoms with E-state index in [1.165, 1.54) is 173 Å². The molecule has 332 valence electrons. The zero-order valence-electron chi connectivity index (χ0n) is 36.6. The fourth-order valence-corrected chi connectivity index (χ4v) is 8.27. The summed E-state index contributed by atoms with van der Waals surface area (Å²) in [5.74, 6) is 0. The summed E-state index contributed by atoms with van der Waals surface area (Å²) in [6, 6.07) is 0. The number of rotatable bonds is 39. The van der Waals surface area contributed by atoms with Gasteiger partial charge >= 0.3 is 81.7 Å². The molecule has 0 aromatic rings. The Morgan fingerprint density at radius 3 is 0.446 bits per heavy atom. The number of hydrogen-bond donors (Lipinski definition) is 0. The molecule has 2 radical (unpaired) electrons. The Kier molecular flexibility index (Phi) is 63.9. The maximum absolute atomic E-state index is 10.4. The minimum absolute atomic E-state index is 0. The largest absolute Gasteiger partial charge is 3.00 e. The van der Waals surface area contributed by atoms with E-state index in [4.69, 9.17) is 0 Å². The quantitative estimate of drug-likeness (QED) is 0.0426. The van der Waals surface area contributed by atoms with Crippen LogP contribution >= 0.6 is 22.8 Å². The maximum atomic E-state index is 10.4. The predicted molar refractivity (Wildman–Crippen MR) is 221 cm³/mol. The van der Waals surface area contributed by atoms with Gasteiger partial charge in [-0.3, -0.25) is 0 Å². The first-order chi connectivity index (χ1) is 25.7. The van der Waals surface area contributed by atoms with Crippen molar-refractivity contribution >= 4 is 22.8 Å². The molecule has 0 aromatic carbocycles. The van der Waals surface area contributed by atoms with Crippen LogP contribution < -0.4 is 29.4 Å². The van der Waals surface area contributed by atoms with E-state index in [1.54, 1.807) is 0 Å². The van der Waals surface area contributed by atoms with Crippen molar-refractivity contribution in [2.75, 3.05) is 18.5 Å². The minimum Gasteiger partial charge on any atom is -0.811 e.